The number of amides is 1. The van der Waals surface area contributed by atoms with Crippen LogP contribution in [0.4, 0.5) is 0 Å². The molecule has 1 amide bonds. The number of nitrogens with two attached hydrogens (primary N) is 1. The molecule has 2 saturated heterocycles. The molecule has 1 aromatic rings. The number of allylic oxidation sites excluding steroid dienone is 2. The Labute approximate surface area is 401 Å². The van der Waals surface area contributed by atoms with Gasteiger partial charge in [-0.2, -0.15) is 0 Å². The van der Waals surface area contributed by atoms with E-state index in [9.17, 15) is 50.4 Å². The average Bonchev–Trinajstić information content (AvgIpc) is 3.99. The maximum Gasteiger partial charge on any atom is 0.310 e. The van der Waals surface area contributed by atoms with Crippen LogP contribution in [0, 0.1) is 68.0 Å². The van der Waals surface area contributed by atoms with Gasteiger partial charge >= 0.3 is 5.97 Å². The number of carboxylic acid groups (broad SMARTS) is 1. The fourth-order valence-electron chi connectivity index (χ4n) is 17.6. The third-order valence-corrected chi connectivity index (χ3v) is 21.4. The minimum absolute atomic E-state index is 0.00583. The summed E-state index contributed by atoms with van der Waals surface area (Å²) < 4.78 is 12.7. The molecule has 2 aliphatic heterocycles. The monoisotopic (exact) mass is 955 g/mol. The van der Waals surface area contributed by atoms with Gasteiger partial charge in [-0.1, -0.05) is 58.6 Å². The van der Waals surface area contributed by atoms with Gasteiger partial charge in [0.2, 0.25) is 5.91 Å². The van der Waals surface area contributed by atoms with Crippen LogP contribution in [0.2, 0.25) is 0 Å². The number of aliphatic hydroxyl groups excluding tert-OH is 7. The van der Waals surface area contributed by atoms with E-state index in [1.165, 1.54) is 5.57 Å². The number of carbonyl (C=O) groups excluding carboxylic acids is 1. The first-order valence-electron chi connectivity index (χ1n) is 26.1. The van der Waals surface area contributed by atoms with Crippen molar-refractivity contribution in [3.8, 4) is 0 Å². The Hall–Kier alpha value is -2.51. The van der Waals surface area contributed by atoms with Crippen LogP contribution in [0.3, 0.4) is 0 Å². The van der Waals surface area contributed by atoms with Crippen molar-refractivity contribution in [1.82, 2.24) is 15.3 Å². The number of aromatic nitrogens is 2. The smallest absolute Gasteiger partial charge is 0.310 e. The largest absolute Gasteiger partial charge is 0.481 e. The second kappa shape index (κ2) is 18.5. The molecule has 0 aromatic carbocycles. The van der Waals surface area contributed by atoms with Gasteiger partial charge in [0.25, 0.3) is 0 Å². The molecule has 12 N–H and O–H groups in total. The number of hydrogen-bond acceptors (Lipinski definition) is 13. The van der Waals surface area contributed by atoms with E-state index in [1.807, 2.05) is 6.92 Å². The lowest BCUT2D eigenvalue weighted by atomic mass is 9.29. The number of aromatic amines is 1. The van der Waals surface area contributed by atoms with Gasteiger partial charge < -0.3 is 66.4 Å². The van der Waals surface area contributed by atoms with Gasteiger partial charge in [-0.05, 0) is 141 Å². The summed E-state index contributed by atoms with van der Waals surface area (Å²) >= 11 is 0. The number of H-pyrrole nitrogens is 1. The van der Waals surface area contributed by atoms with Crippen molar-refractivity contribution in [3.63, 3.8) is 0 Å². The molecule has 382 valence electrons. The number of imidazole rings is 1. The lowest BCUT2D eigenvalue weighted by Crippen LogP contribution is -2.75. The zero-order valence-corrected chi connectivity index (χ0v) is 40.8. The number of hydrogen-bond donors (Lipinski definition) is 11. The second-order valence-electron chi connectivity index (χ2n) is 24.4. The van der Waals surface area contributed by atoms with E-state index >= 15 is 0 Å². The van der Waals surface area contributed by atoms with E-state index in [2.05, 4.69) is 42.1 Å². The van der Waals surface area contributed by atoms with Crippen LogP contribution in [0.1, 0.15) is 148 Å². The lowest BCUT2D eigenvalue weighted by Gasteiger charge is -2.76. The molecule has 20 atom stereocenters. The summed E-state index contributed by atoms with van der Waals surface area (Å²) in [5.74, 6) is -2.30. The number of ether oxygens (including phenoxy) is 2. The van der Waals surface area contributed by atoms with Gasteiger partial charge in [-0.3, -0.25) is 9.59 Å². The summed E-state index contributed by atoms with van der Waals surface area (Å²) in [5, 5.41) is 93.8. The van der Waals surface area contributed by atoms with Crippen molar-refractivity contribution in [3.05, 3.63) is 29.9 Å². The molecule has 7 fully saturated rings. The zero-order valence-electron chi connectivity index (χ0n) is 40.8. The molecule has 0 bridgehead atoms. The van der Waals surface area contributed by atoms with Crippen LogP contribution < -0.4 is 11.1 Å². The topological polar surface area (TPSA) is 281 Å². The maximum absolute atomic E-state index is 13.9. The highest BCUT2D eigenvalue weighted by Gasteiger charge is 2.76. The predicted octanol–water partition coefficient (Wildman–Crippen LogP) is 3.86. The molecule has 0 radical (unpaired) electrons. The Morgan fingerprint density at radius 1 is 0.941 bits per heavy atom. The van der Waals surface area contributed by atoms with Crippen LogP contribution in [-0.2, 0) is 19.1 Å². The lowest BCUT2D eigenvalue weighted by molar-refractivity contribution is -0.349. The Balaban J connectivity index is 1.22. The number of nitrogens with one attached hydrogen (secondary N) is 2. The molecule has 9 rings (SSSR count). The van der Waals surface area contributed by atoms with Crippen LogP contribution in [0.15, 0.2) is 24.2 Å². The first kappa shape index (κ1) is 50.4. The van der Waals surface area contributed by atoms with Crippen molar-refractivity contribution in [2.45, 2.75) is 192 Å². The maximum atomic E-state index is 13.9. The number of aliphatic carboxylic acids is 1. The minimum atomic E-state index is -1.63. The molecular formula is C52H82N4O12. The summed E-state index contributed by atoms with van der Waals surface area (Å²) in [6.45, 7) is 8.27. The van der Waals surface area contributed by atoms with Crippen molar-refractivity contribution in [2.75, 3.05) is 19.8 Å². The van der Waals surface area contributed by atoms with Crippen LogP contribution in [0.5, 0.6) is 0 Å². The third kappa shape index (κ3) is 7.70. The van der Waals surface area contributed by atoms with E-state index < -0.39 is 88.0 Å². The van der Waals surface area contributed by atoms with E-state index in [0.29, 0.717) is 57.8 Å². The van der Waals surface area contributed by atoms with Crippen LogP contribution in [-0.4, -0.2) is 132 Å². The van der Waals surface area contributed by atoms with Crippen molar-refractivity contribution < 1.29 is 59.9 Å². The molecule has 1 aromatic heterocycles. The molecule has 3 heterocycles. The average molecular weight is 955 g/mol. The van der Waals surface area contributed by atoms with Gasteiger partial charge in [-0.15, -0.1) is 0 Å². The molecule has 16 nitrogen and oxygen atoms in total. The Kier molecular flexibility index (Phi) is 13.7. The fourth-order valence-corrected chi connectivity index (χ4v) is 17.6. The first-order chi connectivity index (χ1) is 32.2. The zero-order chi connectivity index (χ0) is 48.8. The molecule has 0 spiro atoms. The van der Waals surface area contributed by atoms with Gasteiger partial charge in [0.05, 0.1) is 37.2 Å². The van der Waals surface area contributed by atoms with Crippen molar-refractivity contribution in [2.24, 2.45) is 73.7 Å². The standard InChI is InChI=1S/C52H82N4O12/c1-47(25-57)16-18-51(46(65)66)19-17-49(3)31(33(51)22-47)11-12-37-50(49,4)15-14-36-48(2,26-58)44(68-45-43(64)42(63)35(59)24-67-45)41(62)32(52(36,37)29-8-6-5-7-9-29)20-28-21-39(61)56-40(28)30(10-13-38(53)60)34-23-54-27-55-34/h11,23,27-30,32-33,35-38,40-45,57-60,62-64H,5-10,12-22,24-26,53H2,1-4H3,(H,54,55)(H,56,61)(H,65,66)/t28-,30+,32+,33-,35+,36+,37-,38-,40-,41+,42-,43+,44+,45-,47-,48-,49+,50+,51-,52-/m0/s1. The number of rotatable bonds is 13. The van der Waals surface area contributed by atoms with E-state index in [4.69, 9.17) is 15.2 Å². The van der Waals surface area contributed by atoms with E-state index in [0.717, 1.165) is 44.2 Å². The molecule has 68 heavy (non-hydrogen) atoms. The van der Waals surface area contributed by atoms with E-state index in [1.54, 1.807) is 12.5 Å². The number of nitrogens with zero attached hydrogens (tertiary/aromatic N) is 1. The number of carbonyl (C=O) groups is 2. The molecule has 6 aliphatic carbocycles. The summed E-state index contributed by atoms with van der Waals surface area (Å²) in [6.07, 6.45) is 7.91. The molecular weight excluding hydrogens is 873 g/mol. The summed E-state index contributed by atoms with van der Waals surface area (Å²) in [7, 11) is 0. The third-order valence-electron chi connectivity index (χ3n) is 21.4. The van der Waals surface area contributed by atoms with Gasteiger partial charge in [0, 0.05) is 42.3 Å². The fraction of sp³-hybridized carbons (Fsp3) is 0.865. The SMILES string of the molecule is C[C@]1(CO)CC[C@]2(C(=O)O)CC[C@]3(C)C(=CC[C@@H]4[C@@]5(C6CCCCC6)[C@H](C[C@H]6CC(=O)N[C@@H]6[C@H](CC[C@@H](N)O)c6cnc[nH]6)[C@@H](O)[C@@H](O[C@@H]6OC[C@@H](O)[C@H](O)[C@H]6O)[C@@](C)(CO)[C@H]5CC[C@]43C)[C@@H]2C1. The van der Waals surface area contributed by atoms with E-state index in [-0.39, 0.29) is 79.5 Å². The molecule has 16 heteroatoms. The van der Waals surface area contributed by atoms with Gasteiger partial charge in [-0.25, -0.2) is 4.98 Å². The highest BCUT2D eigenvalue weighted by Crippen LogP contribution is 2.79. The summed E-state index contributed by atoms with van der Waals surface area (Å²) in [5.41, 5.74) is 4.12. The normalized spacial score (nSPS) is 48.2. The first-order valence-corrected chi connectivity index (χ1v) is 26.1. The molecule has 0 unspecified atom stereocenters. The molecule has 8 aliphatic rings. The summed E-state index contributed by atoms with van der Waals surface area (Å²) in [4.78, 5) is 35.0. The minimum Gasteiger partial charge on any atom is -0.481 e. The predicted molar refractivity (Wildman–Crippen MR) is 249 cm³/mol. The van der Waals surface area contributed by atoms with Gasteiger partial charge in [0.1, 0.15) is 24.5 Å². The number of fused-ring (bicyclic) bond motifs is 7. The number of aliphatic hydroxyl groups is 7. The van der Waals surface area contributed by atoms with Crippen LogP contribution in [0.25, 0.3) is 0 Å². The van der Waals surface area contributed by atoms with Crippen LogP contribution >= 0.6 is 0 Å². The van der Waals surface area contributed by atoms with Gasteiger partial charge in [0.15, 0.2) is 6.29 Å². The quantitative estimate of drug-likeness (QED) is 0.0762. The van der Waals surface area contributed by atoms with Crippen molar-refractivity contribution >= 4 is 11.9 Å². The molecule has 5 saturated carbocycles. The highest BCUT2D eigenvalue weighted by molar-refractivity contribution is 5.79. The Morgan fingerprint density at radius 2 is 1.68 bits per heavy atom. The number of carboxylic acids is 1. The highest BCUT2D eigenvalue weighted by atomic mass is 16.7. The Morgan fingerprint density at radius 3 is 2.34 bits per heavy atom. The summed E-state index contributed by atoms with van der Waals surface area (Å²) in [6, 6.07) is -0.402. The van der Waals surface area contributed by atoms with Crippen molar-refractivity contribution in [1.29, 1.82) is 0 Å². The second-order valence-corrected chi connectivity index (χ2v) is 24.4. The Bertz CT molecular complexity index is 2020.